The van der Waals surface area contributed by atoms with Gasteiger partial charge in [-0.05, 0) is 28.8 Å². The molecule has 0 amide bonds. The third-order valence-corrected chi connectivity index (χ3v) is 4.79. The highest BCUT2D eigenvalue weighted by molar-refractivity contribution is 6.01. The first-order valence-corrected chi connectivity index (χ1v) is 8.90. The Morgan fingerprint density at radius 2 is 1.56 bits per heavy atom. The van der Waals surface area contributed by atoms with Crippen LogP contribution < -0.4 is 5.23 Å². The van der Waals surface area contributed by atoms with Crippen LogP contribution in [0.5, 0.6) is 0 Å². The molecule has 1 N–H and O–H groups in total. The molecule has 0 aliphatic carbocycles. The van der Waals surface area contributed by atoms with Gasteiger partial charge < -0.3 is 10.4 Å². The largest absolute Gasteiger partial charge is 0.733 e. The van der Waals surface area contributed by atoms with Crippen molar-refractivity contribution in [2.75, 3.05) is 5.23 Å². The smallest absolute Gasteiger partial charge is 0.0780 e. The minimum absolute atomic E-state index is 0.127. The maximum Gasteiger partial charge on any atom is 0.0780 e. The highest BCUT2D eigenvalue weighted by Gasteiger charge is 2.28. The van der Waals surface area contributed by atoms with E-state index in [1.54, 1.807) is 12.1 Å². The molecule has 1 unspecified atom stereocenters. The van der Waals surface area contributed by atoms with Crippen LogP contribution >= 0.6 is 0 Å². The van der Waals surface area contributed by atoms with Crippen molar-refractivity contribution >= 4 is 11.4 Å². The molecule has 3 aromatic carbocycles. The van der Waals surface area contributed by atoms with E-state index in [4.69, 9.17) is 10.3 Å². The molecule has 0 bridgehead atoms. The summed E-state index contributed by atoms with van der Waals surface area (Å²) in [5.74, 6) is 0. The van der Waals surface area contributed by atoms with E-state index < -0.39 is 0 Å². The van der Waals surface area contributed by atoms with Crippen LogP contribution in [0.2, 0.25) is 0 Å². The first-order valence-electron chi connectivity index (χ1n) is 8.90. The Hall–Kier alpha value is -3.15. The van der Waals surface area contributed by atoms with Crippen LogP contribution in [0.4, 0.5) is 5.69 Å². The molecule has 5 nitrogen and oxygen atoms in total. The van der Waals surface area contributed by atoms with E-state index in [-0.39, 0.29) is 17.0 Å². The molecule has 0 aromatic heterocycles. The lowest BCUT2D eigenvalue weighted by molar-refractivity contribution is 0.224. The molecule has 5 heteroatoms. The molecule has 0 fully saturated rings. The van der Waals surface area contributed by atoms with Crippen molar-refractivity contribution in [3.8, 4) is 0 Å². The molecule has 1 atom stereocenters. The third kappa shape index (κ3) is 3.84. The van der Waals surface area contributed by atoms with Gasteiger partial charge in [-0.25, -0.2) is 0 Å². The van der Waals surface area contributed by atoms with Crippen LogP contribution in [-0.4, -0.2) is 15.9 Å². The minimum atomic E-state index is -0.127. The zero-order valence-corrected chi connectivity index (χ0v) is 14.8. The number of benzene rings is 3. The Labute approximate surface area is 158 Å². The van der Waals surface area contributed by atoms with Crippen molar-refractivity contribution in [2.45, 2.75) is 19.0 Å². The van der Waals surface area contributed by atoms with Crippen LogP contribution in [0.15, 0.2) is 90.0 Å². The maximum atomic E-state index is 11.0. The fourth-order valence-corrected chi connectivity index (χ4v) is 3.39. The van der Waals surface area contributed by atoms with E-state index in [0.29, 0.717) is 6.54 Å². The molecule has 136 valence electrons. The van der Waals surface area contributed by atoms with Crippen molar-refractivity contribution in [1.29, 1.82) is 0 Å². The van der Waals surface area contributed by atoms with Gasteiger partial charge in [0.25, 0.3) is 0 Å². The Morgan fingerprint density at radius 3 is 2.19 bits per heavy atom. The van der Waals surface area contributed by atoms with Crippen LogP contribution in [0, 0.1) is 5.21 Å². The van der Waals surface area contributed by atoms with E-state index in [1.165, 1.54) is 5.56 Å². The highest BCUT2D eigenvalue weighted by Crippen LogP contribution is 2.34. The van der Waals surface area contributed by atoms with E-state index in [2.05, 4.69) is 29.3 Å². The van der Waals surface area contributed by atoms with Gasteiger partial charge in [-0.3, -0.25) is 10.2 Å². The van der Waals surface area contributed by atoms with E-state index in [1.807, 2.05) is 48.5 Å². The second-order valence-electron chi connectivity index (χ2n) is 6.58. The Morgan fingerprint density at radius 1 is 0.926 bits per heavy atom. The summed E-state index contributed by atoms with van der Waals surface area (Å²) in [6.45, 7) is 0.625. The molecule has 0 saturated heterocycles. The van der Waals surface area contributed by atoms with Gasteiger partial charge in [0.15, 0.2) is 0 Å². The zero-order valence-electron chi connectivity index (χ0n) is 14.8. The van der Waals surface area contributed by atoms with Gasteiger partial charge in [0.05, 0.1) is 24.0 Å². The van der Waals surface area contributed by atoms with Gasteiger partial charge in [-0.1, -0.05) is 72.8 Å². The Kier molecular flexibility index (Phi) is 4.87. The fourth-order valence-electron chi connectivity index (χ4n) is 3.39. The molecule has 0 saturated carbocycles. The molecule has 27 heavy (non-hydrogen) atoms. The van der Waals surface area contributed by atoms with Gasteiger partial charge in [-0.2, -0.15) is 5.10 Å². The van der Waals surface area contributed by atoms with Gasteiger partial charge in [0.1, 0.15) is 0 Å². The Balaban J connectivity index is 1.62. The molecule has 3 aromatic rings. The summed E-state index contributed by atoms with van der Waals surface area (Å²) in [6, 6.07) is 27.7. The molecule has 0 spiro atoms. The summed E-state index contributed by atoms with van der Waals surface area (Å²) >= 11 is 0. The topological polar surface area (TPSA) is 62.1 Å². The normalized spacial score (nSPS) is 16.3. The average Bonchev–Trinajstić information content (AvgIpc) is 3.13. The number of hydrogen-bond donors (Lipinski definition) is 1. The quantitative estimate of drug-likeness (QED) is 0.670. The second-order valence-corrected chi connectivity index (χ2v) is 6.58. The summed E-state index contributed by atoms with van der Waals surface area (Å²) < 4.78 is 0. The Bertz CT molecular complexity index is 909. The molecule has 1 aliphatic heterocycles. The molecular weight excluding hydrogens is 338 g/mol. The van der Waals surface area contributed by atoms with Crippen LogP contribution in [0.1, 0.15) is 29.2 Å². The number of anilines is 1. The molecule has 1 heterocycles. The first kappa shape index (κ1) is 17.3. The van der Waals surface area contributed by atoms with E-state index >= 15 is 0 Å². The predicted molar refractivity (Wildman–Crippen MR) is 106 cm³/mol. The van der Waals surface area contributed by atoms with Gasteiger partial charge in [-0.15, -0.1) is 0 Å². The van der Waals surface area contributed by atoms with Crippen molar-refractivity contribution in [1.82, 2.24) is 5.01 Å². The first-order chi connectivity index (χ1) is 13.2. The molecule has 4 rings (SSSR count). The lowest BCUT2D eigenvalue weighted by Gasteiger charge is -2.25. The lowest BCUT2D eigenvalue weighted by Crippen LogP contribution is -2.19. The van der Waals surface area contributed by atoms with E-state index in [0.717, 1.165) is 23.3 Å². The second kappa shape index (κ2) is 7.61. The number of rotatable bonds is 5. The average molecular weight is 358 g/mol. The highest BCUT2D eigenvalue weighted by atomic mass is 16.8. The van der Waals surface area contributed by atoms with Crippen LogP contribution in [-0.2, 0) is 6.54 Å². The third-order valence-electron chi connectivity index (χ3n) is 4.79. The summed E-state index contributed by atoms with van der Waals surface area (Å²) in [5, 5.41) is 26.8. The predicted octanol–water partition coefficient (Wildman–Crippen LogP) is 4.73. The molecule has 0 radical (unpaired) electrons. The number of nitrogens with zero attached hydrogens (tertiary/aromatic N) is 3. The van der Waals surface area contributed by atoms with Crippen LogP contribution in [0.3, 0.4) is 0 Å². The summed E-state index contributed by atoms with van der Waals surface area (Å²) in [4.78, 5) is 0. The monoisotopic (exact) mass is 358 g/mol. The van der Waals surface area contributed by atoms with Gasteiger partial charge >= 0.3 is 0 Å². The minimum Gasteiger partial charge on any atom is -0.733 e. The zero-order chi connectivity index (χ0) is 18.6. The van der Waals surface area contributed by atoms with Crippen LogP contribution in [0.25, 0.3) is 0 Å². The van der Waals surface area contributed by atoms with Gasteiger partial charge in [0, 0.05) is 6.42 Å². The van der Waals surface area contributed by atoms with Crippen molar-refractivity contribution in [3.63, 3.8) is 0 Å². The standard InChI is InChI=1S/C22H20N3O2/c26-25(27)20-13-11-17(12-14-20)16-24-22(19-9-5-2-6-10-19)15-21(23-24)18-7-3-1-4-8-18/h1-14,22,26H,15-16H2/q-1. The SMILES string of the molecule is [O-]N(O)c1ccc(CN2N=C(c3ccccc3)CC2c2ccccc2)cc1. The number of hydrogen-bond acceptors (Lipinski definition) is 5. The molecular formula is C22H20N3O2-. The maximum absolute atomic E-state index is 11.0. The molecule has 1 aliphatic rings. The lowest BCUT2D eigenvalue weighted by atomic mass is 9.98. The van der Waals surface area contributed by atoms with Crippen molar-refractivity contribution in [2.24, 2.45) is 5.10 Å². The summed E-state index contributed by atoms with van der Waals surface area (Å²) in [5.41, 5.74) is 4.68. The fraction of sp³-hybridized carbons (Fsp3) is 0.136. The summed E-state index contributed by atoms with van der Waals surface area (Å²) in [6.07, 6.45) is 0.844. The van der Waals surface area contributed by atoms with Crippen molar-refractivity contribution in [3.05, 3.63) is 107 Å². The number of hydrazone groups is 1. The van der Waals surface area contributed by atoms with Gasteiger partial charge in [0.2, 0.25) is 0 Å². The summed E-state index contributed by atoms with van der Waals surface area (Å²) in [7, 11) is 0. The van der Waals surface area contributed by atoms with Crippen molar-refractivity contribution < 1.29 is 5.21 Å². The van der Waals surface area contributed by atoms with E-state index in [9.17, 15) is 5.21 Å².